The molecule has 0 bridgehead atoms. The molecular formula is C12H12ClFN2O. The second kappa shape index (κ2) is 5.19. The van der Waals surface area contributed by atoms with Gasteiger partial charge in [0, 0.05) is 19.1 Å². The Morgan fingerprint density at radius 3 is 2.82 bits per heavy atom. The van der Waals surface area contributed by atoms with E-state index in [1.54, 1.807) is 16.8 Å². The number of halogens is 2. The number of alkyl halides is 1. The van der Waals surface area contributed by atoms with Crippen LogP contribution in [0.15, 0.2) is 30.5 Å². The monoisotopic (exact) mass is 254 g/mol. The largest absolute Gasteiger partial charge is 0.484 e. The molecule has 90 valence electrons. The highest BCUT2D eigenvalue weighted by molar-refractivity contribution is 6.17. The first-order valence-electron chi connectivity index (χ1n) is 5.15. The van der Waals surface area contributed by atoms with Gasteiger partial charge in [0.15, 0.2) is 11.6 Å². The van der Waals surface area contributed by atoms with Gasteiger partial charge in [0.2, 0.25) is 0 Å². The van der Waals surface area contributed by atoms with E-state index in [0.29, 0.717) is 0 Å². The van der Waals surface area contributed by atoms with Gasteiger partial charge in [0.05, 0.1) is 5.69 Å². The molecule has 0 saturated heterocycles. The van der Waals surface area contributed by atoms with Crippen LogP contribution in [0.2, 0.25) is 0 Å². The Morgan fingerprint density at radius 2 is 2.24 bits per heavy atom. The number of hydrogen-bond acceptors (Lipinski definition) is 2. The Kier molecular flexibility index (Phi) is 3.64. The third-order valence-corrected chi connectivity index (χ3v) is 2.60. The SMILES string of the molecule is Cn1ccc(COc2ccc(CCl)cc2F)n1. The molecule has 0 aliphatic rings. The van der Waals surface area contributed by atoms with Crippen LogP contribution in [-0.4, -0.2) is 9.78 Å². The molecule has 0 aliphatic carbocycles. The van der Waals surface area contributed by atoms with Gasteiger partial charge in [0.1, 0.15) is 6.61 Å². The molecular weight excluding hydrogens is 243 g/mol. The number of benzene rings is 1. The van der Waals surface area contributed by atoms with E-state index in [-0.39, 0.29) is 18.2 Å². The molecule has 0 radical (unpaired) electrons. The molecule has 2 aromatic rings. The summed E-state index contributed by atoms with van der Waals surface area (Å²) in [6, 6.07) is 6.52. The molecule has 1 aromatic carbocycles. The summed E-state index contributed by atoms with van der Waals surface area (Å²) in [4.78, 5) is 0. The average Bonchev–Trinajstić information content (AvgIpc) is 2.73. The van der Waals surface area contributed by atoms with E-state index in [1.807, 2.05) is 19.3 Å². The van der Waals surface area contributed by atoms with Crippen molar-refractivity contribution < 1.29 is 9.13 Å². The third-order valence-electron chi connectivity index (χ3n) is 2.29. The molecule has 3 nitrogen and oxygen atoms in total. The predicted molar refractivity (Wildman–Crippen MR) is 63.5 cm³/mol. The molecule has 5 heteroatoms. The summed E-state index contributed by atoms with van der Waals surface area (Å²) in [5.74, 6) is 0.0980. The molecule has 0 saturated carbocycles. The quantitative estimate of drug-likeness (QED) is 0.785. The van der Waals surface area contributed by atoms with Crippen LogP contribution in [-0.2, 0) is 19.5 Å². The normalized spacial score (nSPS) is 10.5. The predicted octanol–water partition coefficient (Wildman–Crippen LogP) is 2.88. The van der Waals surface area contributed by atoms with E-state index in [1.165, 1.54) is 6.07 Å². The minimum Gasteiger partial charge on any atom is -0.484 e. The summed E-state index contributed by atoms with van der Waals surface area (Å²) >= 11 is 5.61. The van der Waals surface area contributed by atoms with E-state index in [0.717, 1.165) is 11.3 Å². The first kappa shape index (κ1) is 11.9. The number of rotatable bonds is 4. The van der Waals surface area contributed by atoms with Crippen LogP contribution in [0, 0.1) is 5.82 Å². The molecule has 17 heavy (non-hydrogen) atoms. The lowest BCUT2D eigenvalue weighted by Crippen LogP contribution is -1.99. The van der Waals surface area contributed by atoms with Crippen molar-refractivity contribution in [3.05, 3.63) is 47.5 Å². The summed E-state index contributed by atoms with van der Waals surface area (Å²) in [6.07, 6.45) is 1.81. The third kappa shape index (κ3) is 2.97. The first-order chi connectivity index (χ1) is 8.19. The van der Waals surface area contributed by atoms with Crippen LogP contribution in [0.4, 0.5) is 4.39 Å². The number of ether oxygens (including phenoxy) is 1. The number of nitrogens with zero attached hydrogens (tertiary/aromatic N) is 2. The van der Waals surface area contributed by atoms with Gasteiger partial charge in [-0.1, -0.05) is 6.07 Å². The second-order valence-electron chi connectivity index (χ2n) is 3.67. The molecule has 0 atom stereocenters. The van der Waals surface area contributed by atoms with Crippen molar-refractivity contribution in [3.8, 4) is 5.75 Å². The van der Waals surface area contributed by atoms with Crippen molar-refractivity contribution >= 4 is 11.6 Å². The maximum Gasteiger partial charge on any atom is 0.165 e. The zero-order chi connectivity index (χ0) is 12.3. The van der Waals surface area contributed by atoms with Crippen LogP contribution in [0.5, 0.6) is 5.75 Å². The van der Waals surface area contributed by atoms with Crippen LogP contribution >= 0.6 is 11.6 Å². The fourth-order valence-corrected chi connectivity index (χ4v) is 1.60. The number of aromatic nitrogens is 2. The van der Waals surface area contributed by atoms with Crippen molar-refractivity contribution in [2.45, 2.75) is 12.5 Å². The van der Waals surface area contributed by atoms with Crippen LogP contribution in [0.1, 0.15) is 11.3 Å². The van der Waals surface area contributed by atoms with Gasteiger partial charge in [-0.2, -0.15) is 5.10 Å². The fraction of sp³-hybridized carbons (Fsp3) is 0.250. The highest BCUT2D eigenvalue weighted by Gasteiger charge is 2.05. The molecule has 0 fully saturated rings. The molecule has 1 aromatic heterocycles. The van der Waals surface area contributed by atoms with Crippen LogP contribution in [0.3, 0.4) is 0 Å². The van der Waals surface area contributed by atoms with Crippen molar-refractivity contribution in [1.29, 1.82) is 0 Å². The smallest absolute Gasteiger partial charge is 0.165 e. The van der Waals surface area contributed by atoms with Gasteiger partial charge >= 0.3 is 0 Å². The lowest BCUT2D eigenvalue weighted by atomic mass is 10.2. The zero-order valence-electron chi connectivity index (χ0n) is 9.36. The lowest BCUT2D eigenvalue weighted by Gasteiger charge is -2.06. The molecule has 0 N–H and O–H groups in total. The van der Waals surface area contributed by atoms with Gasteiger partial charge in [-0.3, -0.25) is 4.68 Å². The highest BCUT2D eigenvalue weighted by Crippen LogP contribution is 2.20. The first-order valence-corrected chi connectivity index (χ1v) is 5.68. The van der Waals surface area contributed by atoms with Gasteiger partial charge in [0.25, 0.3) is 0 Å². The Balaban J connectivity index is 2.04. The molecule has 1 heterocycles. The Morgan fingerprint density at radius 1 is 1.41 bits per heavy atom. The van der Waals surface area contributed by atoms with Gasteiger partial charge < -0.3 is 4.74 Å². The topological polar surface area (TPSA) is 27.1 Å². The van der Waals surface area contributed by atoms with Crippen molar-refractivity contribution in [1.82, 2.24) is 9.78 Å². The molecule has 0 amide bonds. The van der Waals surface area contributed by atoms with Crippen LogP contribution < -0.4 is 4.74 Å². The summed E-state index contributed by atoms with van der Waals surface area (Å²) in [6.45, 7) is 0.248. The van der Waals surface area contributed by atoms with Gasteiger partial charge in [-0.05, 0) is 23.8 Å². The Bertz CT molecular complexity index is 513. The van der Waals surface area contributed by atoms with E-state index in [9.17, 15) is 4.39 Å². The van der Waals surface area contributed by atoms with E-state index in [2.05, 4.69) is 5.10 Å². The van der Waals surface area contributed by atoms with Gasteiger partial charge in [-0.25, -0.2) is 4.39 Å². The Hall–Kier alpha value is -1.55. The second-order valence-corrected chi connectivity index (χ2v) is 3.94. The van der Waals surface area contributed by atoms with E-state index < -0.39 is 5.82 Å². The molecule has 0 spiro atoms. The van der Waals surface area contributed by atoms with E-state index in [4.69, 9.17) is 16.3 Å². The summed E-state index contributed by atoms with van der Waals surface area (Å²) in [7, 11) is 1.82. The minimum atomic E-state index is -0.404. The summed E-state index contributed by atoms with van der Waals surface area (Å²) in [5.41, 5.74) is 1.49. The van der Waals surface area contributed by atoms with Crippen molar-refractivity contribution in [2.75, 3.05) is 0 Å². The minimum absolute atomic E-state index is 0.213. The number of aryl methyl sites for hydroxylation is 1. The van der Waals surface area contributed by atoms with Crippen molar-refractivity contribution in [2.24, 2.45) is 7.05 Å². The van der Waals surface area contributed by atoms with Gasteiger partial charge in [-0.15, -0.1) is 11.6 Å². The maximum atomic E-state index is 13.5. The maximum absolute atomic E-state index is 13.5. The average molecular weight is 255 g/mol. The standard InChI is InChI=1S/C12H12ClFN2O/c1-16-5-4-10(15-16)8-17-12-3-2-9(7-13)6-11(12)14/h2-6H,7-8H2,1H3. The zero-order valence-corrected chi connectivity index (χ0v) is 10.1. The fourth-order valence-electron chi connectivity index (χ4n) is 1.44. The lowest BCUT2D eigenvalue weighted by molar-refractivity contribution is 0.284. The highest BCUT2D eigenvalue weighted by atomic mass is 35.5. The number of hydrogen-bond donors (Lipinski definition) is 0. The summed E-state index contributed by atoms with van der Waals surface area (Å²) < 4.78 is 20.5. The van der Waals surface area contributed by atoms with Crippen molar-refractivity contribution in [3.63, 3.8) is 0 Å². The summed E-state index contributed by atoms with van der Waals surface area (Å²) in [5, 5.41) is 4.14. The molecule has 2 rings (SSSR count). The van der Waals surface area contributed by atoms with Crippen LogP contribution in [0.25, 0.3) is 0 Å². The Labute approximate surface area is 104 Å². The molecule has 0 unspecified atom stereocenters. The molecule has 0 aliphatic heterocycles. The van der Waals surface area contributed by atoms with E-state index >= 15 is 0 Å².